The average Bonchev–Trinajstić information content (AvgIpc) is 2.87. The van der Waals surface area contributed by atoms with Crippen molar-refractivity contribution in [1.29, 1.82) is 0 Å². The van der Waals surface area contributed by atoms with E-state index in [2.05, 4.69) is 21.0 Å². The van der Waals surface area contributed by atoms with Gasteiger partial charge in [0.25, 0.3) is 0 Å². The minimum atomic E-state index is -4.94. The maximum Gasteiger partial charge on any atom is 0.435 e. The zero-order valence-corrected chi connectivity index (χ0v) is 16.3. The normalized spacial score (nSPS) is 12.0. The van der Waals surface area contributed by atoms with E-state index >= 15 is 0 Å². The molecule has 1 amide bonds. The second-order valence-corrected chi connectivity index (χ2v) is 7.24. The Hall–Kier alpha value is -2.30. The number of carbonyl (C=O) groups is 1. The summed E-state index contributed by atoms with van der Waals surface area (Å²) in [7, 11) is 1.29. The standard InChI is InChI=1S/C16H16BrF4N3O3/c1-15(2,3)27-14(25)23-11-7-22-24(13(11)16(19,20)21)12-9(17)5-8(26-4)6-10(12)18/h5-7H,1-4H3,(H,23,25). The van der Waals surface area contributed by atoms with Gasteiger partial charge in [0.1, 0.15) is 17.0 Å². The molecule has 1 N–H and O–H groups in total. The first-order chi connectivity index (χ1) is 12.3. The van der Waals surface area contributed by atoms with Crippen LogP contribution in [0.25, 0.3) is 5.69 Å². The summed E-state index contributed by atoms with van der Waals surface area (Å²) in [6, 6.07) is 2.21. The highest BCUT2D eigenvalue weighted by Crippen LogP contribution is 2.39. The molecule has 0 bridgehead atoms. The maximum absolute atomic E-state index is 14.4. The zero-order chi connectivity index (χ0) is 20.6. The number of hydrogen-bond acceptors (Lipinski definition) is 4. The molecule has 148 valence electrons. The van der Waals surface area contributed by atoms with E-state index < -0.39 is 40.8 Å². The van der Waals surface area contributed by atoms with Gasteiger partial charge in [0, 0.05) is 10.5 Å². The lowest BCUT2D eigenvalue weighted by Crippen LogP contribution is -2.28. The van der Waals surface area contributed by atoms with Gasteiger partial charge in [-0.2, -0.15) is 18.3 Å². The Morgan fingerprint density at radius 3 is 2.37 bits per heavy atom. The first kappa shape index (κ1) is 21.0. The molecule has 0 fully saturated rings. The summed E-state index contributed by atoms with van der Waals surface area (Å²) in [6.45, 7) is 4.68. The number of carbonyl (C=O) groups excluding carboxylic acids is 1. The monoisotopic (exact) mass is 453 g/mol. The molecular weight excluding hydrogens is 438 g/mol. The lowest BCUT2D eigenvalue weighted by molar-refractivity contribution is -0.142. The molecular formula is C16H16BrF4N3O3. The molecule has 0 saturated carbocycles. The van der Waals surface area contributed by atoms with Crippen LogP contribution >= 0.6 is 15.9 Å². The fraction of sp³-hybridized carbons (Fsp3) is 0.375. The van der Waals surface area contributed by atoms with E-state index in [4.69, 9.17) is 9.47 Å². The van der Waals surface area contributed by atoms with E-state index in [0.717, 1.165) is 12.3 Å². The summed E-state index contributed by atoms with van der Waals surface area (Å²) >= 11 is 3.02. The first-order valence-electron chi connectivity index (χ1n) is 7.52. The van der Waals surface area contributed by atoms with Crippen LogP contribution in [-0.4, -0.2) is 28.6 Å². The van der Waals surface area contributed by atoms with Crippen molar-refractivity contribution in [2.24, 2.45) is 0 Å². The molecule has 2 rings (SSSR count). The number of hydrogen-bond donors (Lipinski definition) is 1. The van der Waals surface area contributed by atoms with E-state index in [0.29, 0.717) is 4.68 Å². The molecule has 0 atom stereocenters. The molecule has 27 heavy (non-hydrogen) atoms. The quantitative estimate of drug-likeness (QED) is 0.652. The predicted octanol–water partition coefficient (Wildman–Crippen LogP) is 5.15. The Kier molecular flexibility index (Phi) is 5.74. The van der Waals surface area contributed by atoms with Crippen molar-refractivity contribution < 1.29 is 31.8 Å². The van der Waals surface area contributed by atoms with Crippen LogP contribution in [0.5, 0.6) is 5.75 Å². The van der Waals surface area contributed by atoms with Crippen LogP contribution in [0, 0.1) is 5.82 Å². The molecule has 2 aromatic rings. The fourth-order valence-corrected chi connectivity index (χ4v) is 2.74. The molecule has 0 saturated heterocycles. The lowest BCUT2D eigenvalue weighted by Gasteiger charge is -2.20. The second-order valence-electron chi connectivity index (χ2n) is 6.38. The van der Waals surface area contributed by atoms with Crippen LogP contribution in [-0.2, 0) is 10.9 Å². The predicted molar refractivity (Wildman–Crippen MR) is 92.6 cm³/mol. The fourth-order valence-electron chi connectivity index (χ4n) is 2.16. The van der Waals surface area contributed by atoms with E-state index in [1.54, 1.807) is 20.8 Å². The molecule has 0 spiro atoms. The Morgan fingerprint density at radius 1 is 1.26 bits per heavy atom. The molecule has 1 aromatic carbocycles. The lowest BCUT2D eigenvalue weighted by atomic mass is 10.2. The molecule has 0 aliphatic rings. The van der Waals surface area contributed by atoms with E-state index in [9.17, 15) is 22.4 Å². The molecule has 0 aliphatic carbocycles. The van der Waals surface area contributed by atoms with E-state index in [1.807, 2.05) is 5.32 Å². The maximum atomic E-state index is 14.4. The van der Waals surface area contributed by atoms with E-state index in [-0.39, 0.29) is 10.2 Å². The van der Waals surface area contributed by atoms with E-state index in [1.165, 1.54) is 13.2 Å². The van der Waals surface area contributed by atoms with Gasteiger partial charge < -0.3 is 9.47 Å². The van der Waals surface area contributed by atoms with Gasteiger partial charge in [0.05, 0.1) is 19.0 Å². The molecule has 0 radical (unpaired) electrons. The Labute approximate surface area is 160 Å². The minimum Gasteiger partial charge on any atom is -0.497 e. The summed E-state index contributed by atoms with van der Waals surface area (Å²) in [5.74, 6) is -0.894. The number of aromatic nitrogens is 2. The number of ether oxygens (including phenoxy) is 2. The second kappa shape index (κ2) is 7.37. The molecule has 0 aliphatic heterocycles. The number of benzene rings is 1. The Balaban J connectivity index is 2.55. The number of methoxy groups -OCH3 is 1. The van der Waals surface area contributed by atoms with Crippen molar-refractivity contribution in [2.45, 2.75) is 32.5 Å². The summed E-state index contributed by atoms with van der Waals surface area (Å²) in [5, 5.41) is 5.59. The van der Waals surface area contributed by atoms with Gasteiger partial charge in [-0.15, -0.1) is 0 Å². The van der Waals surface area contributed by atoms with Crippen LogP contribution in [0.2, 0.25) is 0 Å². The van der Waals surface area contributed by atoms with Crippen molar-refractivity contribution in [1.82, 2.24) is 9.78 Å². The highest BCUT2D eigenvalue weighted by molar-refractivity contribution is 9.10. The van der Waals surface area contributed by atoms with Crippen LogP contribution in [0.3, 0.4) is 0 Å². The highest BCUT2D eigenvalue weighted by atomic mass is 79.9. The molecule has 1 heterocycles. The number of amides is 1. The minimum absolute atomic E-state index is 0.0169. The van der Waals surface area contributed by atoms with Crippen molar-refractivity contribution in [3.05, 3.63) is 34.3 Å². The largest absolute Gasteiger partial charge is 0.497 e. The summed E-state index contributed by atoms with van der Waals surface area (Å²) < 4.78 is 65.4. The molecule has 11 heteroatoms. The number of alkyl halides is 3. The molecule has 6 nitrogen and oxygen atoms in total. The summed E-state index contributed by atoms with van der Waals surface area (Å²) in [4.78, 5) is 11.8. The SMILES string of the molecule is COc1cc(F)c(-n2ncc(NC(=O)OC(C)(C)C)c2C(F)(F)F)c(Br)c1. The number of nitrogens with zero attached hydrogens (tertiary/aromatic N) is 2. The van der Waals surface area contributed by atoms with Crippen molar-refractivity contribution in [3.8, 4) is 11.4 Å². The van der Waals surface area contributed by atoms with Crippen molar-refractivity contribution >= 4 is 27.7 Å². The van der Waals surface area contributed by atoms with Gasteiger partial charge in [-0.05, 0) is 42.8 Å². The first-order valence-corrected chi connectivity index (χ1v) is 8.31. The highest BCUT2D eigenvalue weighted by Gasteiger charge is 2.40. The van der Waals surface area contributed by atoms with Gasteiger partial charge >= 0.3 is 12.3 Å². The number of halogens is 5. The average molecular weight is 454 g/mol. The Morgan fingerprint density at radius 2 is 1.89 bits per heavy atom. The number of rotatable bonds is 3. The van der Waals surface area contributed by atoms with Crippen molar-refractivity contribution in [2.75, 3.05) is 12.4 Å². The van der Waals surface area contributed by atoms with Crippen LogP contribution < -0.4 is 10.1 Å². The van der Waals surface area contributed by atoms with Crippen LogP contribution in [0.15, 0.2) is 22.8 Å². The van der Waals surface area contributed by atoms with Crippen molar-refractivity contribution in [3.63, 3.8) is 0 Å². The van der Waals surface area contributed by atoms with Gasteiger partial charge in [-0.25, -0.2) is 13.9 Å². The molecule has 0 unspecified atom stereocenters. The van der Waals surface area contributed by atoms with Gasteiger partial charge in [-0.1, -0.05) is 0 Å². The summed E-state index contributed by atoms with van der Waals surface area (Å²) in [6.07, 6.45) is -5.27. The Bertz CT molecular complexity index is 837. The third-order valence-electron chi connectivity index (χ3n) is 3.11. The zero-order valence-electron chi connectivity index (χ0n) is 14.7. The number of anilines is 1. The smallest absolute Gasteiger partial charge is 0.435 e. The third kappa shape index (κ3) is 4.90. The number of nitrogens with one attached hydrogen (secondary N) is 1. The van der Waals surface area contributed by atoms with Gasteiger partial charge in [0.2, 0.25) is 0 Å². The van der Waals surface area contributed by atoms with Crippen LogP contribution in [0.4, 0.5) is 28.0 Å². The van der Waals surface area contributed by atoms with Crippen LogP contribution in [0.1, 0.15) is 26.5 Å². The topological polar surface area (TPSA) is 65.4 Å². The van der Waals surface area contributed by atoms with Gasteiger partial charge in [0.15, 0.2) is 11.5 Å². The third-order valence-corrected chi connectivity index (χ3v) is 3.72. The molecule has 1 aromatic heterocycles. The summed E-state index contributed by atoms with van der Waals surface area (Å²) in [5.41, 5.74) is -3.43. The van der Waals surface area contributed by atoms with Gasteiger partial charge in [-0.3, -0.25) is 5.32 Å².